The topological polar surface area (TPSA) is 74.2 Å². The second-order valence-corrected chi connectivity index (χ2v) is 4.62. The summed E-state index contributed by atoms with van der Waals surface area (Å²) < 4.78 is 24.2. The maximum atomic E-state index is 13.9. The van der Waals surface area contributed by atoms with Crippen LogP contribution in [0.15, 0.2) is 22.7 Å². The van der Waals surface area contributed by atoms with Gasteiger partial charge in [0.15, 0.2) is 11.6 Å². The van der Waals surface area contributed by atoms with Gasteiger partial charge in [0.2, 0.25) is 11.7 Å². The highest BCUT2D eigenvalue weighted by molar-refractivity contribution is 5.56. The Morgan fingerprint density at radius 1 is 1.42 bits per heavy atom. The first-order valence-electron chi connectivity index (χ1n) is 6.21. The Balaban J connectivity index is 1.77. The van der Waals surface area contributed by atoms with E-state index in [-0.39, 0.29) is 12.3 Å². The van der Waals surface area contributed by atoms with E-state index in [0.717, 1.165) is 0 Å². The van der Waals surface area contributed by atoms with Crippen LogP contribution in [0, 0.1) is 11.7 Å². The quantitative estimate of drug-likeness (QED) is 0.894. The van der Waals surface area contributed by atoms with Crippen LogP contribution in [-0.2, 0) is 6.54 Å². The maximum Gasteiger partial charge on any atom is 0.240 e. The smallest absolute Gasteiger partial charge is 0.240 e. The van der Waals surface area contributed by atoms with Crippen molar-refractivity contribution in [2.24, 2.45) is 11.7 Å². The Kier molecular flexibility index (Phi) is 3.16. The third kappa shape index (κ3) is 2.73. The number of nitrogens with zero attached hydrogens (tertiary/aromatic N) is 2. The van der Waals surface area contributed by atoms with Crippen molar-refractivity contribution < 1.29 is 13.7 Å². The lowest BCUT2D eigenvalue weighted by molar-refractivity contribution is 0.285. The van der Waals surface area contributed by atoms with Gasteiger partial charge < -0.3 is 15.0 Å². The third-order valence-corrected chi connectivity index (χ3v) is 3.00. The van der Waals surface area contributed by atoms with Gasteiger partial charge in [0, 0.05) is 5.56 Å². The molecule has 1 fully saturated rings. The zero-order chi connectivity index (χ0) is 13.2. The molecule has 0 saturated heterocycles. The second kappa shape index (κ2) is 4.97. The molecule has 1 aliphatic carbocycles. The number of hydrogen-bond donors (Lipinski definition) is 1. The van der Waals surface area contributed by atoms with Gasteiger partial charge in [-0.2, -0.15) is 4.98 Å². The average molecular weight is 263 g/mol. The highest BCUT2D eigenvalue weighted by Crippen LogP contribution is 2.31. The minimum absolute atomic E-state index is 0.165. The molecule has 2 N–H and O–H groups in total. The minimum Gasteiger partial charge on any atom is -0.490 e. The summed E-state index contributed by atoms with van der Waals surface area (Å²) in [5, 5.41) is 3.74. The van der Waals surface area contributed by atoms with Crippen LogP contribution in [0.3, 0.4) is 0 Å². The normalized spacial score (nSPS) is 14.6. The van der Waals surface area contributed by atoms with Gasteiger partial charge in [0.25, 0.3) is 0 Å². The third-order valence-electron chi connectivity index (χ3n) is 3.00. The van der Waals surface area contributed by atoms with Crippen LogP contribution in [-0.4, -0.2) is 16.7 Å². The molecule has 1 aromatic heterocycles. The summed E-state index contributed by atoms with van der Waals surface area (Å²) in [5.74, 6) is 1.08. The lowest BCUT2D eigenvalue weighted by atomic mass is 10.2. The van der Waals surface area contributed by atoms with Crippen LogP contribution in [0.2, 0.25) is 0 Å². The number of rotatable bonds is 5. The first-order chi connectivity index (χ1) is 9.26. The molecule has 0 amide bonds. The molecule has 1 aliphatic rings. The molecule has 1 saturated carbocycles. The summed E-state index contributed by atoms with van der Waals surface area (Å²) in [6.45, 7) is 0.744. The molecule has 6 heteroatoms. The van der Waals surface area contributed by atoms with Crippen LogP contribution in [0.1, 0.15) is 18.7 Å². The van der Waals surface area contributed by atoms with E-state index < -0.39 is 5.82 Å². The molecular formula is C13H14FN3O2. The lowest BCUT2D eigenvalue weighted by Gasteiger charge is -2.06. The summed E-state index contributed by atoms with van der Waals surface area (Å²) in [6.07, 6.45) is 2.34. The number of hydrogen-bond acceptors (Lipinski definition) is 5. The molecule has 0 radical (unpaired) electrons. The Hall–Kier alpha value is -1.95. The van der Waals surface area contributed by atoms with Crippen molar-refractivity contribution in [2.75, 3.05) is 6.61 Å². The maximum absolute atomic E-state index is 13.9. The molecule has 5 nitrogen and oxygen atoms in total. The Morgan fingerprint density at radius 2 is 2.26 bits per heavy atom. The highest BCUT2D eigenvalue weighted by atomic mass is 19.1. The van der Waals surface area contributed by atoms with Crippen LogP contribution in [0.25, 0.3) is 11.4 Å². The summed E-state index contributed by atoms with van der Waals surface area (Å²) >= 11 is 0. The first-order valence-corrected chi connectivity index (χ1v) is 6.21. The molecule has 1 aromatic carbocycles. The number of halogens is 1. The molecule has 0 spiro atoms. The molecular weight excluding hydrogens is 249 g/mol. The fourth-order valence-corrected chi connectivity index (χ4v) is 1.70. The molecule has 2 aromatic rings. The monoisotopic (exact) mass is 263 g/mol. The van der Waals surface area contributed by atoms with Crippen molar-refractivity contribution >= 4 is 0 Å². The summed E-state index contributed by atoms with van der Waals surface area (Å²) in [5.41, 5.74) is 5.92. The van der Waals surface area contributed by atoms with E-state index in [1.165, 1.54) is 18.9 Å². The van der Waals surface area contributed by atoms with Crippen molar-refractivity contribution in [2.45, 2.75) is 19.4 Å². The molecule has 100 valence electrons. The standard InChI is InChI=1S/C13H14FN3O2/c14-10-5-9(13-16-12(6-15)19-17-13)3-4-11(10)18-7-8-1-2-8/h3-5,8H,1-2,6-7,15H2. The molecule has 1 heterocycles. The number of nitrogens with two attached hydrogens (primary N) is 1. The second-order valence-electron chi connectivity index (χ2n) is 4.62. The van der Waals surface area contributed by atoms with Crippen LogP contribution < -0.4 is 10.5 Å². The lowest BCUT2D eigenvalue weighted by Crippen LogP contribution is -2.01. The van der Waals surface area contributed by atoms with Crippen LogP contribution in [0.5, 0.6) is 5.75 Å². The number of ether oxygens (including phenoxy) is 1. The Bertz CT molecular complexity index is 581. The first kappa shape index (κ1) is 12.1. The van der Waals surface area contributed by atoms with E-state index in [1.807, 2.05) is 0 Å². The van der Waals surface area contributed by atoms with Gasteiger partial charge in [-0.25, -0.2) is 4.39 Å². The molecule has 0 atom stereocenters. The van der Waals surface area contributed by atoms with Crippen molar-refractivity contribution in [3.8, 4) is 17.1 Å². The van der Waals surface area contributed by atoms with E-state index in [0.29, 0.717) is 29.8 Å². The fraction of sp³-hybridized carbons (Fsp3) is 0.385. The summed E-state index contributed by atoms with van der Waals surface area (Å²) in [7, 11) is 0. The average Bonchev–Trinajstić information content (AvgIpc) is 3.12. The largest absolute Gasteiger partial charge is 0.490 e. The van der Waals surface area contributed by atoms with Gasteiger partial charge in [-0.15, -0.1) is 0 Å². The van der Waals surface area contributed by atoms with Gasteiger partial charge in [0.1, 0.15) is 0 Å². The van der Waals surface area contributed by atoms with Crippen molar-refractivity contribution in [3.63, 3.8) is 0 Å². The van der Waals surface area contributed by atoms with Gasteiger partial charge >= 0.3 is 0 Å². The summed E-state index contributed by atoms with van der Waals surface area (Å²) in [4.78, 5) is 4.04. The van der Waals surface area contributed by atoms with E-state index in [1.54, 1.807) is 12.1 Å². The highest BCUT2D eigenvalue weighted by Gasteiger charge is 2.22. The molecule has 0 aliphatic heterocycles. The van der Waals surface area contributed by atoms with Gasteiger partial charge in [0.05, 0.1) is 13.2 Å². The van der Waals surface area contributed by atoms with Crippen molar-refractivity contribution in [1.29, 1.82) is 0 Å². The molecule has 0 bridgehead atoms. The van der Waals surface area contributed by atoms with Crippen molar-refractivity contribution in [3.05, 3.63) is 29.9 Å². The molecule has 0 unspecified atom stereocenters. The zero-order valence-electron chi connectivity index (χ0n) is 10.3. The predicted octanol–water partition coefficient (Wildman–Crippen LogP) is 2.12. The Labute approximate surface area is 109 Å². The molecule has 19 heavy (non-hydrogen) atoms. The molecule has 3 rings (SSSR count). The predicted molar refractivity (Wildman–Crippen MR) is 65.8 cm³/mol. The zero-order valence-corrected chi connectivity index (χ0v) is 10.3. The van der Waals surface area contributed by atoms with Crippen molar-refractivity contribution in [1.82, 2.24) is 10.1 Å². The SMILES string of the molecule is NCc1nc(-c2ccc(OCC3CC3)c(F)c2)no1. The minimum atomic E-state index is -0.419. The summed E-state index contributed by atoms with van der Waals surface area (Å²) in [6, 6.07) is 4.63. The fourth-order valence-electron chi connectivity index (χ4n) is 1.70. The van der Waals surface area contributed by atoms with Crippen LogP contribution in [0.4, 0.5) is 4.39 Å². The van der Waals surface area contributed by atoms with E-state index in [9.17, 15) is 4.39 Å². The number of aromatic nitrogens is 2. The van der Waals surface area contributed by atoms with Gasteiger partial charge in [-0.3, -0.25) is 0 Å². The van der Waals surface area contributed by atoms with Gasteiger partial charge in [-0.05, 0) is 37.0 Å². The number of benzene rings is 1. The Morgan fingerprint density at radius 3 is 2.89 bits per heavy atom. The van der Waals surface area contributed by atoms with E-state index in [4.69, 9.17) is 15.0 Å². The van der Waals surface area contributed by atoms with E-state index >= 15 is 0 Å². The van der Waals surface area contributed by atoms with Gasteiger partial charge in [-0.1, -0.05) is 5.16 Å². The van der Waals surface area contributed by atoms with Crippen LogP contribution >= 0.6 is 0 Å². The van der Waals surface area contributed by atoms with E-state index in [2.05, 4.69) is 10.1 Å².